The van der Waals surface area contributed by atoms with Crippen LogP contribution < -0.4 is 0 Å². The summed E-state index contributed by atoms with van der Waals surface area (Å²) >= 11 is 5.84. The number of methoxy groups -OCH3 is 1. The number of nitrogens with zero attached hydrogens (tertiary/aromatic N) is 1. The summed E-state index contributed by atoms with van der Waals surface area (Å²) in [4.78, 5) is 41.3. The summed E-state index contributed by atoms with van der Waals surface area (Å²) in [5.41, 5.74) is 3.50. The van der Waals surface area contributed by atoms with E-state index in [1.165, 1.54) is 12.0 Å². The molecule has 2 atom stereocenters. The maximum atomic E-state index is 12.8. The fraction of sp³-hybridized carbons (Fsp3) is 0.227. The lowest BCUT2D eigenvalue weighted by Gasteiger charge is -2.40. The van der Waals surface area contributed by atoms with Crippen molar-refractivity contribution in [2.24, 2.45) is 0 Å². The molecule has 8 heteroatoms. The Bertz CT molecular complexity index is 1140. The van der Waals surface area contributed by atoms with Gasteiger partial charge in [-0.3, -0.25) is 4.79 Å². The van der Waals surface area contributed by atoms with E-state index in [0.29, 0.717) is 11.1 Å². The quantitative estimate of drug-likeness (QED) is 0.493. The zero-order valence-corrected chi connectivity index (χ0v) is 16.8. The van der Waals surface area contributed by atoms with Crippen molar-refractivity contribution in [2.45, 2.75) is 18.5 Å². The number of nitrogens with one attached hydrogen (secondary N) is 1. The first kappa shape index (κ1) is 20.0. The minimum Gasteiger partial charge on any atom is -0.480 e. The van der Waals surface area contributed by atoms with Crippen molar-refractivity contribution >= 4 is 40.3 Å². The van der Waals surface area contributed by atoms with Crippen LogP contribution in [0.25, 0.3) is 10.9 Å². The van der Waals surface area contributed by atoms with Crippen LogP contribution in [-0.2, 0) is 20.7 Å². The van der Waals surface area contributed by atoms with Crippen LogP contribution in [-0.4, -0.2) is 51.9 Å². The van der Waals surface area contributed by atoms with Gasteiger partial charge in [0, 0.05) is 23.0 Å². The molecule has 0 saturated carbocycles. The number of H-pyrrole nitrogens is 1. The molecule has 1 aliphatic heterocycles. The molecule has 0 fully saturated rings. The van der Waals surface area contributed by atoms with Crippen LogP contribution in [0, 0.1) is 0 Å². The standard InChI is InChI=1S/C22H19ClN2O5/c1-30-22(29)13-8-6-12(7-9-13)20-19-15(14-4-2-3-5-16(14)24-19)10-17(21(27)28)25(20)18(26)11-23/h2-9,17,20,24H,10-11H2,1H3,(H,27,28)/t17-,20-/m1/s1. The number of aliphatic carboxylic acids is 1. The predicted molar refractivity (Wildman–Crippen MR) is 111 cm³/mol. The molecule has 7 nitrogen and oxygen atoms in total. The number of ether oxygens (including phenoxy) is 1. The fourth-order valence-electron chi connectivity index (χ4n) is 4.12. The van der Waals surface area contributed by atoms with Gasteiger partial charge in [-0.25, -0.2) is 9.59 Å². The van der Waals surface area contributed by atoms with Gasteiger partial charge in [-0.05, 0) is 29.3 Å². The number of hydrogen-bond donors (Lipinski definition) is 2. The number of amides is 1. The second-order valence-corrected chi connectivity index (χ2v) is 7.34. The lowest BCUT2D eigenvalue weighted by atomic mass is 9.87. The molecule has 3 aromatic rings. The molecule has 0 radical (unpaired) electrons. The molecule has 0 unspecified atom stereocenters. The lowest BCUT2D eigenvalue weighted by Crippen LogP contribution is -2.52. The van der Waals surface area contributed by atoms with Crippen LogP contribution in [0.4, 0.5) is 0 Å². The number of rotatable bonds is 4. The summed E-state index contributed by atoms with van der Waals surface area (Å²) in [6, 6.07) is 12.5. The Hall–Kier alpha value is -3.32. The number of aromatic nitrogens is 1. The minimum atomic E-state index is -1.10. The Morgan fingerprint density at radius 1 is 1.17 bits per heavy atom. The Morgan fingerprint density at radius 2 is 1.87 bits per heavy atom. The molecular weight excluding hydrogens is 408 g/mol. The Balaban J connectivity index is 1.92. The van der Waals surface area contributed by atoms with E-state index in [2.05, 4.69) is 4.98 Å². The molecule has 0 spiro atoms. The molecule has 1 amide bonds. The summed E-state index contributed by atoms with van der Waals surface area (Å²) in [6.45, 7) is 0. The molecule has 2 aromatic carbocycles. The summed E-state index contributed by atoms with van der Waals surface area (Å²) in [7, 11) is 1.30. The smallest absolute Gasteiger partial charge is 0.337 e. The number of fused-ring (bicyclic) bond motifs is 3. The third kappa shape index (κ3) is 3.21. The number of carboxylic acids is 1. The van der Waals surface area contributed by atoms with Gasteiger partial charge in [-0.1, -0.05) is 30.3 Å². The first-order valence-electron chi connectivity index (χ1n) is 9.34. The zero-order chi connectivity index (χ0) is 21.4. The van der Waals surface area contributed by atoms with E-state index in [9.17, 15) is 19.5 Å². The highest BCUT2D eigenvalue weighted by Crippen LogP contribution is 2.41. The summed E-state index contributed by atoms with van der Waals surface area (Å²) in [5, 5.41) is 10.8. The minimum absolute atomic E-state index is 0.175. The number of benzene rings is 2. The van der Waals surface area contributed by atoms with E-state index in [1.54, 1.807) is 24.3 Å². The number of aromatic amines is 1. The largest absolute Gasteiger partial charge is 0.480 e. The number of hydrogen-bond acceptors (Lipinski definition) is 4. The van der Waals surface area contributed by atoms with Gasteiger partial charge < -0.3 is 19.7 Å². The van der Waals surface area contributed by atoms with E-state index in [1.807, 2.05) is 24.3 Å². The second kappa shape index (κ2) is 7.84. The Kier molecular flexibility index (Phi) is 5.22. The third-order valence-electron chi connectivity index (χ3n) is 5.47. The van der Waals surface area contributed by atoms with Gasteiger partial charge in [0.15, 0.2) is 0 Å². The van der Waals surface area contributed by atoms with Crippen molar-refractivity contribution in [1.29, 1.82) is 0 Å². The van der Waals surface area contributed by atoms with E-state index in [0.717, 1.165) is 22.2 Å². The molecule has 154 valence electrons. The molecule has 4 rings (SSSR count). The van der Waals surface area contributed by atoms with Gasteiger partial charge in [0.2, 0.25) is 5.91 Å². The molecule has 0 bridgehead atoms. The van der Waals surface area contributed by atoms with Crippen LogP contribution in [0.15, 0.2) is 48.5 Å². The topological polar surface area (TPSA) is 99.7 Å². The monoisotopic (exact) mass is 426 g/mol. The molecule has 0 aliphatic carbocycles. The van der Waals surface area contributed by atoms with E-state index in [-0.39, 0.29) is 12.3 Å². The predicted octanol–water partition coefficient (Wildman–Crippen LogP) is 3.12. The number of carbonyl (C=O) groups excluding carboxylic acids is 2. The molecule has 2 heterocycles. The first-order chi connectivity index (χ1) is 14.5. The van der Waals surface area contributed by atoms with Gasteiger partial charge in [-0.15, -0.1) is 11.6 Å². The second-order valence-electron chi connectivity index (χ2n) is 7.07. The molecular formula is C22H19ClN2O5. The molecule has 1 aliphatic rings. The molecule has 1 aromatic heterocycles. The number of alkyl halides is 1. The highest BCUT2D eigenvalue weighted by molar-refractivity contribution is 6.27. The van der Waals surface area contributed by atoms with Gasteiger partial charge in [0.25, 0.3) is 0 Å². The van der Waals surface area contributed by atoms with Crippen molar-refractivity contribution in [1.82, 2.24) is 9.88 Å². The number of carboxylic acid groups (broad SMARTS) is 1. The first-order valence-corrected chi connectivity index (χ1v) is 9.87. The van der Waals surface area contributed by atoms with Crippen LogP contribution >= 0.6 is 11.6 Å². The van der Waals surface area contributed by atoms with Crippen molar-refractivity contribution < 1.29 is 24.2 Å². The van der Waals surface area contributed by atoms with Crippen molar-refractivity contribution in [2.75, 3.05) is 13.0 Å². The van der Waals surface area contributed by atoms with Crippen LogP contribution in [0.3, 0.4) is 0 Å². The SMILES string of the molecule is COC(=O)c1ccc([C@@H]2c3[nH]c4ccccc4c3C[C@H](C(=O)O)N2C(=O)CCl)cc1. The number of para-hydroxylation sites is 1. The number of halogens is 1. The van der Waals surface area contributed by atoms with Crippen molar-refractivity contribution in [3.8, 4) is 0 Å². The van der Waals surface area contributed by atoms with Crippen LogP contribution in [0.2, 0.25) is 0 Å². The third-order valence-corrected chi connectivity index (χ3v) is 5.70. The highest BCUT2D eigenvalue weighted by Gasteiger charge is 2.43. The normalized spacial score (nSPS) is 18.1. The number of carbonyl (C=O) groups is 3. The van der Waals surface area contributed by atoms with E-state index < -0.39 is 29.9 Å². The summed E-state index contributed by atoms with van der Waals surface area (Å²) in [6.07, 6.45) is 0.175. The Morgan fingerprint density at radius 3 is 2.50 bits per heavy atom. The Labute approximate surface area is 177 Å². The fourth-order valence-corrected chi connectivity index (χ4v) is 4.26. The highest BCUT2D eigenvalue weighted by atomic mass is 35.5. The summed E-state index contributed by atoms with van der Waals surface area (Å²) in [5.74, 6) is -2.39. The molecule has 2 N–H and O–H groups in total. The van der Waals surface area contributed by atoms with Gasteiger partial charge in [0.05, 0.1) is 18.7 Å². The maximum absolute atomic E-state index is 12.8. The van der Waals surface area contributed by atoms with Gasteiger partial charge >= 0.3 is 11.9 Å². The average Bonchev–Trinajstić information content (AvgIpc) is 3.15. The molecule has 0 saturated heterocycles. The lowest BCUT2D eigenvalue weighted by molar-refractivity contribution is -0.151. The average molecular weight is 427 g/mol. The molecule has 30 heavy (non-hydrogen) atoms. The summed E-state index contributed by atoms with van der Waals surface area (Å²) < 4.78 is 4.74. The van der Waals surface area contributed by atoms with Crippen LogP contribution in [0.1, 0.15) is 33.2 Å². The van der Waals surface area contributed by atoms with Crippen LogP contribution in [0.5, 0.6) is 0 Å². The van der Waals surface area contributed by atoms with Gasteiger partial charge in [0.1, 0.15) is 11.9 Å². The van der Waals surface area contributed by atoms with Crippen molar-refractivity contribution in [3.05, 3.63) is 70.9 Å². The van der Waals surface area contributed by atoms with E-state index >= 15 is 0 Å². The zero-order valence-electron chi connectivity index (χ0n) is 16.1. The maximum Gasteiger partial charge on any atom is 0.337 e. The van der Waals surface area contributed by atoms with E-state index in [4.69, 9.17) is 16.3 Å². The number of esters is 1. The van der Waals surface area contributed by atoms with Gasteiger partial charge in [-0.2, -0.15) is 0 Å². The van der Waals surface area contributed by atoms with Crippen molar-refractivity contribution in [3.63, 3.8) is 0 Å².